The number of carbonyl (C=O) groups excluding carboxylic acids is 1. The van der Waals surface area contributed by atoms with Crippen LogP contribution in [0.3, 0.4) is 0 Å². The predicted molar refractivity (Wildman–Crippen MR) is 128 cm³/mol. The molecule has 0 unspecified atom stereocenters. The molecule has 1 amide bonds. The van der Waals surface area contributed by atoms with Gasteiger partial charge in [0, 0.05) is 46.1 Å². The maximum absolute atomic E-state index is 12.4. The fraction of sp³-hybridized carbons (Fsp3) is 0.0909. The monoisotopic (exact) mass is 507 g/mol. The third kappa shape index (κ3) is 5.27. The maximum Gasteiger partial charge on any atom is 0.250 e. The molecule has 0 saturated carbocycles. The number of nitrogens with one attached hydrogen (secondary N) is 1. The second kappa shape index (κ2) is 10.3. The van der Waals surface area contributed by atoms with Gasteiger partial charge < -0.3 is 0 Å². The number of nitrogens with zero attached hydrogens (tertiary/aromatic N) is 6. The molecule has 3 heterocycles. The van der Waals surface area contributed by atoms with Crippen molar-refractivity contribution in [1.82, 2.24) is 30.2 Å². The van der Waals surface area contributed by atoms with Gasteiger partial charge in [-0.15, -0.1) is 10.2 Å². The van der Waals surface area contributed by atoms with Gasteiger partial charge in [0.25, 0.3) is 5.91 Å². The highest BCUT2D eigenvalue weighted by Gasteiger charge is 2.17. The second-order valence-corrected chi connectivity index (χ2v) is 8.47. The Bertz CT molecular complexity index is 1230. The van der Waals surface area contributed by atoms with Gasteiger partial charge in [0.1, 0.15) is 0 Å². The summed E-state index contributed by atoms with van der Waals surface area (Å²) in [5, 5.41) is 13.5. The van der Waals surface area contributed by atoms with Crippen LogP contribution >= 0.6 is 27.7 Å². The highest BCUT2D eigenvalue weighted by atomic mass is 79.9. The van der Waals surface area contributed by atoms with Crippen LogP contribution in [0.1, 0.15) is 12.5 Å². The van der Waals surface area contributed by atoms with Gasteiger partial charge in [0.2, 0.25) is 0 Å². The van der Waals surface area contributed by atoms with E-state index in [4.69, 9.17) is 0 Å². The number of hydrogen-bond donors (Lipinski definition) is 1. The molecule has 0 fully saturated rings. The minimum atomic E-state index is -0.237. The molecule has 1 N–H and O–H groups in total. The van der Waals surface area contributed by atoms with E-state index in [9.17, 15) is 4.79 Å². The molecule has 0 bridgehead atoms. The van der Waals surface area contributed by atoms with E-state index in [1.165, 1.54) is 11.8 Å². The molecule has 4 rings (SSSR count). The first-order chi connectivity index (χ1) is 15.6. The Kier molecular flexibility index (Phi) is 7.03. The van der Waals surface area contributed by atoms with E-state index in [0.717, 1.165) is 21.3 Å². The van der Waals surface area contributed by atoms with Crippen molar-refractivity contribution in [3.8, 4) is 17.1 Å². The lowest BCUT2D eigenvalue weighted by Gasteiger charge is -2.10. The Morgan fingerprint density at radius 1 is 1.00 bits per heavy atom. The van der Waals surface area contributed by atoms with Gasteiger partial charge in [0.05, 0.1) is 11.5 Å². The van der Waals surface area contributed by atoms with E-state index >= 15 is 0 Å². The first-order valence-electron chi connectivity index (χ1n) is 9.60. The number of carbonyl (C=O) groups is 1. The number of pyridine rings is 2. The van der Waals surface area contributed by atoms with Crippen molar-refractivity contribution in [3.05, 3.63) is 83.4 Å². The van der Waals surface area contributed by atoms with Crippen LogP contribution in [0.5, 0.6) is 0 Å². The van der Waals surface area contributed by atoms with Crippen LogP contribution in [0.25, 0.3) is 17.1 Å². The third-order valence-corrected chi connectivity index (χ3v) is 5.89. The molecule has 0 spiro atoms. The molecular formula is C22H18BrN7OS. The Labute approximate surface area is 197 Å². The van der Waals surface area contributed by atoms with Gasteiger partial charge in [-0.05, 0) is 55.5 Å². The number of rotatable bonds is 7. The summed E-state index contributed by atoms with van der Waals surface area (Å²) >= 11 is 4.75. The number of hydrazone groups is 1. The molecule has 10 heteroatoms. The van der Waals surface area contributed by atoms with Crippen molar-refractivity contribution < 1.29 is 4.79 Å². The Balaban J connectivity index is 1.53. The molecule has 0 aliphatic heterocycles. The number of aromatic nitrogens is 5. The first kappa shape index (κ1) is 21.8. The molecule has 3 aromatic heterocycles. The molecule has 1 aromatic carbocycles. The van der Waals surface area contributed by atoms with Crippen LogP contribution < -0.4 is 5.43 Å². The minimum absolute atomic E-state index is 0.137. The van der Waals surface area contributed by atoms with Gasteiger partial charge in [-0.2, -0.15) is 5.10 Å². The normalized spacial score (nSPS) is 11.4. The average molecular weight is 508 g/mol. The number of amides is 1. The zero-order chi connectivity index (χ0) is 22.3. The van der Waals surface area contributed by atoms with Crippen LogP contribution in [0.4, 0.5) is 0 Å². The van der Waals surface area contributed by atoms with Gasteiger partial charge in [-0.25, -0.2) is 5.43 Å². The zero-order valence-corrected chi connectivity index (χ0v) is 19.4. The van der Waals surface area contributed by atoms with Crippen molar-refractivity contribution in [2.24, 2.45) is 5.10 Å². The molecule has 0 aliphatic carbocycles. The third-order valence-electron chi connectivity index (χ3n) is 4.44. The SMILES string of the molecule is C/C(=N/NC(=O)CSc1nnc(-c2ccncc2)n1-c1ccc(Br)cc1)c1ccncc1. The van der Waals surface area contributed by atoms with E-state index < -0.39 is 0 Å². The molecule has 32 heavy (non-hydrogen) atoms. The fourth-order valence-electron chi connectivity index (χ4n) is 2.84. The first-order valence-corrected chi connectivity index (χ1v) is 11.4. The summed E-state index contributed by atoms with van der Waals surface area (Å²) < 4.78 is 2.89. The van der Waals surface area contributed by atoms with Crippen molar-refractivity contribution in [3.63, 3.8) is 0 Å². The summed E-state index contributed by atoms with van der Waals surface area (Å²) in [6, 6.07) is 15.2. The minimum Gasteiger partial charge on any atom is -0.272 e. The van der Waals surface area contributed by atoms with Gasteiger partial charge in [-0.3, -0.25) is 19.3 Å². The smallest absolute Gasteiger partial charge is 0.250 e. The number of hydrogen-bond acceptors (Lipinski definition) is 7. The topological polar surface area (TPSA) is 98.0 Å². The summed E-state index contributed by atoms with van der Waals surface area (Å²) in [5.74, 6) is 0.571. The molecule has 0 aliphatic rings. The van der Waals surface area contributed by atoms with Crippen molar-refractivity contribution in [2.45, 2.75) is 12.1 Å². The van der Waals surface area contributed by atoms with E-state index in [2.05, 4.69) is 46.6 Å². The zero-order valence-electron chi connectivity index (χ0n) is 17.0. The molecule has 8 nitrogen and oxygen atoms in total. The molecule has 0 atom stereocenters. The highest BCUT2D eigenvalue weighted by Crippen LogP contribution is 2.28. The van der Waals surface area contributed by atoms with E-state index in [-0.39, 0.29) is 11.7 Å². The molecular weight excluding hydrogens is 490 g/mol. The van der Waals surface area contributed by atoms with Crippen LogP contribution in [0.15, 0.2) is 88.0 Å². The summed E-state index contributed by atoms with van der Waals surface area (Å²) in [5.41, 5.74) is 5.95. The molecule has 160 valence electrons. The van der Waals surface area contributed by atoms with E-state index in [1.807, 2.05) is 60.0 Å². The van der Waals surface area contributed by atoms with Crippen LogP contribution in [0.2, 0.25) is 0 Å². The largest absolute Gasteiger partial charge is 0.272 e. The second-order valence-electron chi connectivity index (χ2n) is 6.61. The number of benzene rings is 1. The van der Waals surface area contributed by atoms with Crippen LogP contribution in [-0.4, -0.2) is 42.1 Å². The Hall–Kier alpha value is -3.37. The van der Waals surface area contributed by atoms with Crippen molar-refractivity contribution in [1.29, 1.82) is 0 Å². The van der Waals surface area contributed by atoms with Gasteiger partial charge in [-0.1, -0.05) is 27.7 Å². The van der Waals surface area contributed by atoms with Gasteiger partial charge in [0.15, 0.2) is 11.0 Å². The van der Waals surface area contributed by atoms with Crippen LogP contribution in [0, 0.1) is 0 Å². The van der Waals surface area contributed by atoms with Gasteiger partial charge >= 0.3 is 0 Å². The lowest BCUT2D eigenvalue weighted by Crippen LogP contribution is -2.21. The molecule has 4 aromatic rings. The quantitative estimate of drug-likeness (QED) is 0.229. The molecule has 0 saturated heterocycles. The fourth-order valence-corrected chi connectivity index (χ4v) is 3.85. The molecule has 0 radical (unpaired) electrons. The Morgan fingerprint density at radius 2 is 1.66 bits per heavy atom. The lowest BCUT2D eigenvalue weighted by atomic mass is 10.2. The van der Waals surface area contributed by atoms with Crippen molar-refractivity contribution in [2.75, 3.05) is 5.75 Å². The summed E-state index contributed by atoms with van der Waals surface area (Å²) in [6.45, 7) is 1.83. The lowest BCUT2D eigenvalue weighted by molar-refractivity contribution is -0.118. The summed E-state index contributed by atoms with van der Waals surface area (Å²) in [4.78, 5) is 20.4. The summed E-state index contributed by atoms with van der Waals surface area (Å²) in [6.07, 6.45) is 6.78. The summed E-state index contributed by atoms with van der Waals surface area (Å²) in [7, 11) is 0. The Morgan fingerprint density at radius 3 is 2.34 bits per heavy atom. The number of halogens is 1. The van der Waals surface area contributed by atoms with E-state index in [0.29, 0.717) is 16.7 Å². The highest BCUT2D eigenvalue weighted by molar-refractivity contribution is 9.10. The van der Waals surface area contributed by atoms with E-state index in [1.54, 1.807) is 24.8 Å². The predicted octanol–water partition coefficient (Wildman–Crippen LogP) is 4.12. The van der Waals surface area contributed by atoms with Crippen molar-refractivity contribution >= 4 is 39.3 Å². The number of thioether (sulfide) groups is 1. The average Bonchev–Trinajstić information content (AvgIpc) is 3.27. The van der Waals surface area contributed by atoms with Crippen LogP contribution in [-0.2, 0) is 4.79 Å². The maximum atomic E-state index is 12.4. The standard InChI is InChI=1S/C22H18BrN7OS/c1-15(16-6-10-24-11-7-16)26-27-20(31)14-32-22-29-28-21(17-8-12-25-13-9-17)30(22)19-4-2-18(23)3-5-19/h2-13H,14H2,1H3,(H,27,31)/b26-15-.